The molecular weight excluding hydrogens is 190 g/mol. The van der Waals surface area contributed by atoms with E-state index in [1.54, 1.807) is 11.3 Å². The van der Waals surface area contributed by atoms with Gasteiger partial charge in [0, 0.05) is 10.4 Å². The van der Waals surface area contributed by atoms with Crippen LogP contribution in [0.15, 0.2) is 12.1 Å². The molecule has 0 aliphatic carbocycles. The van der Waals surface area contributed by atoms with E-state index < -0.39 is 0 Å². The molecule has 0 saturated heterocycles. The van der Waals surface area contributed by atoms with E-state index in [4.69, 9.17) is 17.3 Å². The summed E-state index contributed by atoms with van der Waals surface area (Å²) in [7, 11) is 0. The Balaban J connectivity index is 2.94. The highest BCUT2D eigenvalue weighted by molar-refractivity contribution is 7.16. The summed E-state index contributed by atoms with van der Waals surface area (Å²) in [5.41, 5.74) is 6.01. The summed E-state index contributed by atoms with van der Waals surface area (Å²) >= 11 is 7.43. The van der Waals surface area contributed by atoms with Crippen LogP contribution in [0.4, 0.5) is 0 Å². The summed E-state index contributed by atoms with van der Waals surface area (Å²) in [6, 6.07) is 3.94. The summed E-state index contributed by atoms with van der Waals surface area (Å²) in [5.74, 6) is 0. The molecule has 0 bridgehead atoms. The second kappa shape index (κ2) is 3.77. The van der Waals surface area contributed by atoms with E-state index in [2.05, 4.69) is 13.8 Å². The zero-order valence-corrected chi connectivity index (χ0v) is 9.00. The molecule has 0 atom stereocenters. The van der Waals surface area contributed by atoms with Crippen LogP contribution in [0.1, 0.15) is 31.6 Å². The highest BCUT2D eigenvalue weighted by atomic mass is 35.5. The van der Waals surface area contributed by atoms with Crippen LogP contribution in [0.5, 0.6) is 0 Å². The van der Waals surface area contributed by atoms with Crippen LogP contribution in [0.2, 0.25) is 4.34 Å². The van der Waals surface area contributed by atoms with E-state index in [-0.39, 0.29) is 5.54 Å². The zero-order chi connectivity index (χ0) is 9.19. The highest BCUT2D eigenvalue weighted by Crippen LogP contribution is 2.33. The predicted molar refractivity (Wildman–Crippen MR) is 55.8 cm³/mol. The average Bonchev–Trinajstić information content (AvgIpc) is 2.51. The molecule has 0 aromatic carbocycles. The molecule has 0 spiro atoms. The van der Waals surface area contributed by atoms with Gasteiger partial charge in [-0.2, -0.15) is 0 Å². The van der Waals surface area contributed by atoms with Crippen molar-refractivity contribution in [3.05, 3.63) is 21.3 Å². The molecule has 68 valence electrons. The molecule has 2 N–H and O–H groups in total. The number of nitrogens with two attached hydrogens (primary N) is 1. The first-order valence-corrected chi connectivity index (χ1v) is 5.36. The molecule has 0 fully saturated rings. The Kier molecular flexibility index (Phi) is 3.16. The summed E-state index contributed by atoms with van der Waals surface area (Å²) in [4.78, 5) is 1.19. The standard InChI is InChI=1S/C9H14ClNS/c1-3-9(11,4-2)7-5-6-8(10)12-7/h5-6H,3-4,11H2,1-2H3. The molecule has 0 unspecified atom stereocenters. The Morgan fingerprint density at radius 2 is 2.00 bits per heavy atom. The number of hydrogen-bond acceptors (Lipinski definition) is 2. The van der Waals surface area contributed by atoms with Gasteiger partial charge in [-0.15, -0.1) is 11.3 Å². The van der Waals surface area contributed by atoms with Crippen LogP contribution >= 0.6 is 22.9 Å². The van der Waals surface area contributed by atoms with Crippen LogP contribution < -0.4 is 5.73 Å². The molecular formula is C9H14ClNS. The van der Waals surface area contributed by atoms with Crippen molar-refractivity contribution < 1.29 is 0 Å². The fourth-order valence-electron chi connectivity index (χ4n) is 1.18. The van der Waals surface area contributed by atoms with Gasteiger partial charge in [0.15, 0.2) is 0 Å². The largest absolute Gasteiger partial charge is 0.321 e. The average molecular weight is 204 g/mol. The van der Waals surface area contributed by atoms with E-state index in [9.17, 15) is 0 Å². The van der Waals surface area contributed by atoms with Gasteiger partial charge in [-0.05, 0) is 25.0 Å². The number of hydrogen-bond donors (Lipinski definition) is 1. The normalized spacial score (nSPS) is 12.0. The lowest BCUT2D eigenvalue weighted by atomic mass is 9.93. The van der Waals surface area contributed by atoms with Crippen molar-refractivity contribution in [3.63, 3.8) is 0 Å². The monoisotopic (exact) mass is 203 g/mol. The lowest BCUT2D eigenvalue weighted by Gasteiger charge is -2.24. The molecule has 0 amide bonds. The van der Waals surface area contributed by atoms with Crippen LogP contribution in [0, 0.1) is 0 Å². The number of halogens is 1. The molecule has 0 aliphatic heterocycles. The maximum Gasteiger partial charge on any atom is 0.0931 e. The first kappa shape index (κ1) is 10.0. The van der Waals surface area contributed by atoms with Crippen molar-refractivity contribution in [2.75, 3.05) is 0 Å². The molecule has 0 saturated carbocycles. The van der Waals surface area contributed by atoms with E-state index in [1.807, 2.05) is 12.1 Å². The van der Waals surface area contributed by atoms with Crippen molar-refractivity contribution >= 4 is 22.9 Å². The van der Waals surface area contributed by atoms with Gasteiger partial charge in [0.2, 0.25) is 0 Å². The minimum atomic E-state index is -0.169. The molecule has 1 aromatic heterocycles. The molecule has 1 aromatic rings. The summed E-state index contributed by atoms with van der Waals surface area (Å²) in [6.45, 7) is 4.22. The third-order valence-electron chi connectivity index (χ3n) is 2.33. The number of thiophene rings is 1. The topological polar surface area (TPSA) is 26.0 Å². The van der Waals surface area contributed by atoms with Gasteiger partial charge in [-0.25, -0.2) is 0 Å². The third kappa shape index (κ3) is 1.82. The Hall–Kier alpha value is -0.0500. The third-order valence-corrected chi connectivity index (χ3v) is 3.78. The molecule has 12 heavy (non-hydrogen) atoms. The maximum atomic E-state index is 6.18. The van der Waals surface area contributed by atoms with Crippen LogP contribution in [0.25, 0.3) is 0 Å². The smallest absolute Gasteiger partial charge is 0.0931 e. The minimum absolute atomic E-state index is 0.169. The van der Waals surface area contributed by atoms with Gasteiger partial charge in [0.1, 0.15) is 0 Å². The van der Waals surface area contributed by atoms with Gasteiger partial charge in [0.25, 0.3) is 0 Å². The first-order chi connectivity index (χ1) is 5.62. The van der Waals surface area contributed by atoms with Crippen molar-refractivity contribution in [1.29, 1.82) is 0 Å². The van der Waals surface area contributed by atoms with Crippen molar-refractivity contribution in [1.82, 2.24) is 0 Å². The fourth-order valence-corrected chi connectivity index (χ4v) is 2.47. The minimum Gasteiger partial charge on any atom is -0.321 e. The molecule has 3 heteroatoms. The molecule has 0 radical (unpaired) electrons. The Bertz CT molecular complexity index is 253. The van der Waals surface area contributed by atoms with Crippen LogP contribution in [0.3, 0.4) is 0 Å². The van der Waals surface area contributed by atoms with Gasteiger partial charge in [-0.3, -0.25) is 0 Å². The Morgan fingerprint density at radius 3 is 2.33 bits per heavy atom. The summed E-state index contributed by atoms with van der Waals surface area (Å²) < 4.78 is 0.821. The van der Waals surface area contributed by atoms with Gasteiger partial charge >= 0.3 is 0 Å². The Morgan fingerprint density at radius 1 is 1.42 bits per heavy atom. The van der Waals surface area contributed by atoms with Crippen molar-refractivity contribution in [2.24, 2.45) is 5.73 Å². The van der Waals surface area contributed by atoms with E-state index in [0.29, 0.717) is 0 Å². The maximum absolute atomic E-state index is 6.18. The summed E-state index contributed by atoms with van der Waals surface area (Å²) in [5, 5.41) is 0. The van der Waals surface area contributed by atoms with Crippen molar-refractivity contribution in [3.8, 4) is 0 Å². The van der Waals surface area contributed by atoms with E-state index in [1.165, 1.54) is 4.88 Å². The lowest BCUT2D eigenvalue weighted by Crippen LogP contribution is -2.33. The predicted octanol–water partition coefficient (Wildman–Crippen LogP) is 3.38. The molecule has 1 heterocycles. The molecule has 0 aliphatic rings. The Labute approximate surface area is 82.5 Å². The molecule has 1 rings (SSSR count). The van der Waals surface area contributed by atoms with Crippen LogP contribution in [-0.2, 0) is 5.54 Å². The quantitative estimate of drug-likeness (QED) is 0.801. The van der Waals surface area contributed by atoms with Gasteiger partial charge < -0.3 is 5.73 Å². The second-order valence-electron chi connectivity index (χ2n) is 2.97. The van der Waals surface area contributed by atoms with Crippen LogP contribution in [-0.4, -0.2) is 0 Å². The number of rotatable bonds is 3. The fraction of sp³-hybridized carbons (Fsp3) is 0.556. The highest BCUT2D eigenvalue weighted by Gasteiger charge is 2.24. The summed E-state index contributed by atoms with van der Waals surface area (Å²) in [6.07, 6.45) is 1.92. The van der Waals surface area contributed by atoms with E-state index >= 15 is 0 Å². The van der Waals surface area contributed by atoms with E-state index in [0.717, 1.165) is 17.2 Å². The second-order valence-corrected chi connectivity index (χ2v) is 4.68. The zero-order valence-electron chi connectivity index (χ0n) is 7.43. The SMILES string of the molecule is CCC(N)(CC)c1ccc(Cl)s1. The van der Waals surface area contributed by atoms with Gasteiger partial charge in [0.05, 0.1) is 4.34 Å². The lowest BCUT2D eigenvalue weighted by molar-refractivity contribution is 0.421. The van der Waals surface area contributed by atoms with Crippen molar-refractivity contribution in [2.45, 2.75) is 32.2 Å². The first-order valence-electron chi connectivity index (χ1n) is 4.17. The van der Waals surface area contributed by atoms with Gasteiger partial charge in [-0.1, -0.05) is 25.4 Å². The molecule has 1 nitrogen and oxygen atoms in total.